The van der Waals surface area contributed by atoms with Crippen LogP contribution < -0.4 is 0 Å². The third-order valence-corrected chi connectivity index (χ3v) is 6.80. The predicted molar refractivity (Wildman–Crippen MR) is 87.9 cm³/mol. The van der Waals surface area contributed by atoms with Crippen molar-refractivity contribution in [1.29, 1.82) is 0 Å². The van der Waals surface area contributed by atoms with Crippen molar-refractivity contribution in [3.05, 3.63) is 28.8 Å². The molecule has 0 aromatic heterocycles. The maximum Gasteiger partial charge on any atom is 0.337 e. The van der Waals surface area contributed by atoms with Gasteiger partial charge in [-0.2, -0.15) is 11.8 Å². The van der Waals surface area contributed by atoms with Gasteiger partial charge < -0.3 is 9.84 Å². The number of carboxylic acid groups (broad SMARTS) is 1. The molecule has 1 aromatic carbocycles. The van der Waals surface area contributed by atoms with E-state index in [4.69, 9.17) is 21.4 Å². The highest BCUT2D eigenvalue weighted by Crippen LogP contribution is 2.43. The number of carbonyl (C=O) groups is 1. The van der Waals surface area contributed by atoms with E-state index < -0.39 is 5.97 Å². The quantitative estimate of drug-likeness (QED) is 0.891. The molecule has 0 amide bonds. The summed E-state index contributed by atoms with van der Waals surface area (Å²) in [6, 6.07) is 5.26. The lowest BCUT2D eigenvalue weighted by Crippen LogP contribution is -2.40. The first-order chi connectivity index (χ1) is 10.1. The molecule has 21 heavy (non-hydrogen) atoms. The minimum Gasteiger partial charge on any atom is -0.478 e. The highest BCUT2D eigenvalue weighted by atomic mass is 35.5. The predicted octanol–water partition coefficient (Wildman–Crippen LogP) is 4.19. The van der Waals surface area contributed by atoms with E-state index >= 15 is 0 Å². The average Bonchev–Trinajstić information content (AvgIpc) is 2.88. The van der Waals surface area contributed by atoms with E-state index in [1.165, 1.54) is 5.75 Å². The summed E-state index contributed by atoms with van der Waals surface area (Å²) in [5, 5.41) is 9.93. The van der Waals surface area contributed by atoms with Gasteiger partial charge in [0.15, 0.2) is 0 Å². The van der Waals surface area contributed by atoms with Crippen LogP contribution in [0.3, 0.4) is 0 Å². The Kier molecular flexibility index (Phi) is 4.74. The van der Waals surface area contributed by atoms with Crippen LogP contribution in [-0.4, -0.2) is 40.0 Å². The fourth-order valence-corrected chi connectivity index (χ4v) is 5.78. The number of thioether (sulfide) groups is 2. The number of hydrogen-bond donors (Lipinski definition) is 1. The summed E-state index contributed by atoms with van der Waals surface area (Å²) in [5.41, 5.74) is 0.239. The summed E-state index contributed by atoms with van der Waals surface area (Å²) < 4.78 is 6.03. The Morgan fingerprint density at radius 1 is 1.52 bits per heavy atom. The maximum atomic E-state index is 11.2. The van der Waals surface area contributed by atoms with Crippen LogP contribution in [-0.2, 0) is 4.74 Å². The second-order valence-corrected chi connectivity index (χ2v) is 8.40. The molecule has 1 aromatic rings. The van der Waals surface area contributed by atoms with Gasteiger partial charge in [0, 0.05) is 22.5 Å². The largest absolute Gasteiger partial charge is 0.478 e. The van der Waals surface area contributed by atoms with Crippen molar-refractivity contribution < 1.29 is 14.6 Å². The van der Waals surface area contributed by atoms with Gasteiger partial charge in [0.2, 0.25) is 0 Å². The monoisotopic (exact) mass is 344 g/mol. The average molecular weight is 345 g/mol. The Balaban J connectivity index is 1.71. The fourth-order valence-electron chi connectivity index (χ4n) is 2.88. The van der Waals surface area contributed by atoms with Gasteiger partial charge in [0.05, 0.1) is 16.2 Å². The SMILES string of the molecule is O=C(O)c1cc(SC2CCOC3(CCSC3)C2)ccc1Cl. The van der Waals surface area contributed by atoms with Gasteiger partial charge in [0.1, 0.15) is 0 Å². The molecule has 2 saturated heterocycles. The second kappa shape index (κ2) is 6.41. The van der Waals surface area contributed by atoms with Gasteiger partial charge in [-0.3, -0.25) is 0 Å². The zero-order chi connectivity index (χ0) is 14.9. The molecule has 6 heteroatoms. The number of benzene rings is 1. The van der Waals surface area contributed by atoms with Gasteiger partial charge in [-0.15, -0.1) is 11.8 Å². The number of hydrogen-bond acceptors (Lipinski definition) is 4. The fraction of sp³-hybridized carbons (Fsp3) is 0.533. The molecular weight excluding hydrogens is 328 g/mol. The Hall–Kier alpha value is -0.360. The van der Waals surface area contributed by atoms with Gasteiger partial charge >= 0.3 is 5.97 Å². The van der Waals surface area contributed by atoms with Crippen LogP contribution in [0.15, 0.2) is 23.1 Å². The summed E-state index contributed by atoms with van der Waals surface area (Å²) in [5.74, 6) is 1.30. The Morgan fingerprint density at radius 2 is 2.38 bits per heavy atom. The van der Waals surface area contributed by atoms with Crippen molar-refractivity contribution in [1.82, 2.24) is 0 Å². The molecule has 2 aliphatic heterocycles. The van der Waals surface area contributed by atoms with Gasteiger partial charge in [-0.1, -0.05) is 11.6 Å². The van der Waals surface area contributed by atoms with Crippen molar-refractivity contribution >= 4 is 41.1 Å². The number of aromatic carboxylic acids is 1. The molecule has 2 atom stereocenters. The Labute approximate surface area is 137 Å². The first-order valence-electron chi connectivity index (χ1n) is 6.99. The minimum atomic E-state index is -0.974. The highest BCUT2D eigenvalue weighted by Gasteiger charge is 2.40. The minimum absolute atomic E-state index is 0.0582. The number of carboxylic acids is 1. The second-order valence-electron chi connectivity index (χ2n) is 5.51. The molecule has 3 rings (SSSR count). The lowest BCUT2D eigenvalue weighted by Gasteiger charge is -2.37. The Bertz CT molecular complexity index is 544. The van der Waals surface area contributed by atoms with Crippen LogP contribution in [0.2, 0.25) is 5.02 Å². The smallest absolute Gasteiger partial charge is 0.337 e. The molecule has 0 saturated carbocycles. The summed E-state index contributed by atoms with van der Waals surface area (Å²) in [6.07, 6.45) is 3.20. The van der Waals surface area contributed by atoms with Crippen LogP contribution in [0.5, 0.6) is 0 Å². The van der Waals surface area contributed by atoms with Gasteiger partial charge in [-0.25, -0.2) is 4.79 Å². The van der Waals surface area contributed by atoms with E-state index in [0.717, 1.165) is 36.5 Å². The normalized spacial score (nSPS) is 28.9. The molecule has 1 N–H and O–H groups in total. The van der Waals surface area contributed by atoms with E-state index in [1.807, 2.05) is 17.8 Å². The van der Waals surface area contributed by atoms with E-state index in [1.54, 1.807) is 23.9 Å². The molecule has 114 valence electrons. The third-order valence-electron chi connectivity index (χ3n) is 3.99. The molecule has 1 spiro atoms. The van der Waals surface area contributed by atoms with Crippen molar-refractivity contribution in [2.24, 2.45) is 0 Å². The summed E-state index contributed by atoms with van der Waals surface area (Å²) >= 11 is 9.64. The molecule has 2 fully saturated rings. The van der Waals surface area contributed by atoms with E-state index in [-0.39, 0.29) is 11.2 Å². The van der Waals surface area contributed by atoms with E-state index in [2.05, 4.69) is 0 Å². The molecule has 3 nitrogen and oxygen atoms in total. The molecule has 2 unspecified atom stereocenters. The van der Waals surface area contributed by atoms with Crippen LogP contribution in [0.4, 0.5) is 0 Å². The van der Waals surface area contributed by atoms with Crippen molar-refractivity contribution in [2.75, 3.05) is 18.1 Å². The van der Waals surface area contributed by atoms with Crippen molar-refractivity contribution in [2.45, 2.75) is 35.0 Å². The van der Waals surface area contributed by atoms with Gasteiger partial charge in [-0.05, 0) is 43.2 Å². The molecule has 0 radical (unpaired) electrons. The summed E-state index contributed by atoms with van der Waals surface area (Å²) in [4.78, 5) is 12.1. The topological polar surface area (TPSA) is 46.5 Å². The van der Waals surface area contributed by atoms with Crippen LogP contribution >= 0.6 is 35.1 Å². The lowest BCUT2D eigenvalue weighted by molar-refractivity contribution is -0.0562. The van der Waals surface area contributed by atoms with Crippen LogP contribution in [0.1, 0.15) is 29.6 Å². The summed E-state index contributed by atoms with van der Waals surface area (Å²) in [6.45, 7) is 0.803. The first-order valence-corrected chi connectivity index (χ1v) is 9.40. The van der Waals surface area contributed by atoms with Crippen LogP contribution in [0, 0.1) is 0 Å². The number of ether oxygens (including phenoxy) is 1. The number of rotatable bonds is 3. The zero-order valence-corrected chi connectivity index (χ0v) is 13.9. The van der Waals surface area contributed by atoms with Gasteiger partial charge in [0.25, 0.3) is 0 Å². The maximum absolute atomic E-state index is 11.2. The molecular formula is C15H17ClO3S2. The van der Waals surface area contributed by atoms with Crippen molar-refractivity contribution in [3.8, 4) is 0 Å². The molecule has 0 aliphatic carbocycles. The van der Waals surface area contributed by atoms with Crippen molar-refractivity contribution in [3.63, 3.8) is 0 Å². The van der Waals surface area contributed by atoms with E-state index in [0.29, 0.717) is 10.3 Å². The number of halogens is 1. The molecule has 2 heterocycles. The standard InChI is InChI=1S/C15H17ClO3S2/c16-13-2-1-10(7-12(13)14(17)18)21-11-3-5-19-15(8-11)4-6-20-9-15/h1-2,7,11H,3-6,8-9H2,(H,17,18). The third kappa shape index (κ3) is 3.52. The Morgan fingerprint density at radius 3 is 3.10 bits per heavy atom. The molecule has 2 aliphatic rings. The first kappa shape index (κ1) is 15.5. The highest BCUT2D eigenvalue weighted by molar-refractivity contribution is 8.00. The van der Waals surface area contributed by atoms with Crippen LogP contribution in [0.25, 0.3) is 0 Å². The molecule has 0 bridgehead atoms. The van der Waals surface area contributed by atoms with E-state index in [9.17, 15) is 4.79 Å². The summed E-state index contributed by atoms with van der Waals surface area (Å²) in [7, 11) is 0. The lowest BCUT2D eigenvalue weighted by atomic mass is 9.93. The zero-order valence-electron chi connectivity index (χ0n) is 11.5.